The molecule has 0 aliphatic heterocycles. The molecular formula is C12H10F4N2S. The number of anilines is 1. The lowest BCUT2D eigenvalue weighted by Gasteiger charge is -2.15. The van der Waals surface area contributed by atoms with Gasteiger partial charge in [-0.25, -0.2) is 9.37 Å². The fraction of sp³-hybridized carbons (Fsp3) is 0.250. The molecule has 19 heavy (non-hydrogen) atoms. The van der Waals surface area contributed by atoms with E-state index in [1.165, 1.54) is 12.1 Å². The Kier molecular flexibility index (Phi) is 3.75. The predicted molar refractivity (Wildman–Crippen MR) is 65.6 cm³/mol. The van der Waals surface area contributed by atoms with Gasteiger partial charge in [0.2, 0.25) is 0 Å². The van der Waals surface area contributed by atoms with Crippen molar-refractivity contribution in [2.75, 3.05) is 11.9 Å². The van der Waals surface area contributed by atoms with Gasteiger partial charge in [0.15, 0.2) is 10.8 Å². The van der Waals surface area contributed by atoms with Gasteiger partial charge in [-0.15, -0.1) is 11.3 Å². The van der Waals surface area contributed by atoms with Crippen LogP contribution in [0.15, 0.2) is 29.6 Å². The Hall–Kier alpha value is -1.63. The average Bonchev–Trinajstić information content (AvgIpc) is 2.77. The highest BCUT2D eigenvalue weighted by molar-refractivity contribution is 7.13. The van der Waals surface area contributed by atoms with Gasteiger partial charge in [0.1, 0.15) is 5.82 Å². The van der Waals surface area contributed by atoms with Crippen LogP contribution in [0.2, 0.25) is 0 Å². The molecule has 0 amide bonds. The Bertz CT molecular complexity index is 565. The minimum atomic E-state index is -4.44. The third-order valence-corrected chi connectivity index (χ3v) is 3.37. The molecular weight excluding hydrogens is 280 g/mol. The number of alkyl halides is 3. The first-order valence-electron chi connectivity index (χ1n) is 5.34. The zero-order valence-electron chi connectivity index (χ0n) is 9.91. The minimum absolute atomic E-state index is 0.247. The Balaban J connectivity index is 2.12. The van der Waals surface area contributed by atoms with Crippen LogP contribution >= 0.6 is 11.3 Å². The fourth-order valence-electron chi connectivity index (χ4n) is 1.55. The molecule has 2 rings (SSSR count). The average molecular weight is 290 g/mol. The topological polar surface area (TPSA) is 16.1 Å². The minimum Gasteiger partial charge on any atom is -0.347 e. The number of hydrogen-bond donors (Lipinski definition) is 0. The number of aromatic nitrogens is 1. The van der Waals surface area contributed by atoms with Gasteiger partial charge in [-0.1, -0.05) is 12.1 Å². The van der Waals surface area contributed by atoms with E-state index in [1.54, 1.807) is 24.1 Å². The summed E-state index contributed by atoms with van der Waals surface area (Å²) in [4.78, 5) is 5.08. The highest BCUT2D eigenvalue weighted by atomic mass is 32.1. The fourth-order valence-corrected chi connectivity index (χ4v) is 2.35. The number of rotatable bonds is 3. The Morgan fingerprint density at radius 1 is 1.32 bits per heavy atom. The molecule has 0 fully saturated rings. The lowest BCUT2D eigenvalue weighted by Crippen LogP contribution is -2.17. The first-order chi connectivity index (χ1) is 8.86. The van der Waals surface area contributed by atoms with Crippen LogP contribution in [-0.2, 0) is 12.7 Å². The van der Waals surface area contributed by atoms with E-state index >= 15 is 0 Å². The third-order valence-electron chi connectivity index (χ3n) is 2.42. The van der Waals surface area contributed by atoms with Crippen molar-refractivity contribution in [3.8, 4) is 0 Å². The summed E-state index contributed by atoms with van der Waals surface area (Å²) < 4.78 is 50.3. The maximum Gasteiger partial charge on any atom is 0.434 e. The second-order valence-corrected chi connectivity index (χ2v) is 4.84. The van der Waals surface area contributed by atoms with Gasteiger partial charge in [0, 0.05) is 19.0 Å². The third kappa shape index (κ3) is 3.44. The molecule has 0 bridgehead atoms. The van der Waals surface area contributed by atoms with Gasteiger partial charge in [0.05, 0.1) is 0 Å². The Morgan fingerprint density at radius 3 is 2.63 bits per heavy atom. The molecule has 1 aromatic carbocycles. The highest BCUT2D eigenvalue weighted by Crippen LogP contribution is 2.32. The Morgan fingerprint density at radius 2 is 2.05 bits per heavy atom. The molecule has 0 atom stereocenters. The summed E-state index contributed by atoms with van der Waals surface area (Å²) in [6.45, 7) is 0.294. The Labute approximate surface area is 111 Å². The SMILES string of the molecule is CN(Cc1cccc(F)c1)c1nc(C(F)(F)F)cs1. The first kappa shape index (κ1) is 13.8. The molecule has 1 aromatic heterocycles. The van der Waals surface area contributed by atoms with Crippen LogP contribution in [0.3, 0.4) is 0 Å². The van der Waals surface area contributed by atoms with Gasteiger partial charge in [0.25, 0.3) is 0 Å². The van der Waals surface area contributed by atoms with Crippen molar-refractivity contribution in [3.05, 3.63) is 46.7 Å². The molecule has 2 nitrogen and oxygen atoms in total. The van der Waals surface area contributed by atoms with Crippen molar-refractivity contribution in [1.82, 2.24) is 4.98 Å². The quantitative estimate of drug-likeness (QED) is 0.796. The van der Waals surface area contributed by atoms with Gasteiger partial charge < -0.3 is 4.90 Å². The zero-order valence-corrected chi connectivity index (χ0v) is 10.7. The normalized spacial score (nSPS) is 11.6. The number of hydrogen-bond acceptors (Lipinski definition) is 3. The zero-order chi connectivity index (χ0) is 14.0. The first-order valence-corrected chi connectivity index (χ1v) is 6.22. The highest BCUT2D eigenvalue weighted by Gasteiger charge is 2.34. The molecule has 1 heterocycles. The second-order valence-electron chi connectivity index (χ2n) is 4.00. The molecule has 7 heteroatoms. The summed E-state index contributed by atoms with van der Waals surface area (Å²) in [5, 5.41) is 1.22. The maximum atomic E-state index is 13.0. The van der Waals surface area contributed by atoms with Crippen LogP contribution in [0.25, 0.3) is 0 Å². The standard InChI is InChI=1S/C12H10F4N2S/c1-18(6-8-3-2-4-9(13)5-8)11-17-10(7-19-11)12(14,15)16/h2-5,7H,6H2,1H3. The summed E-state index contributed by atoms with van der Waals surface area (Å²) in [5.74, 6) is -0.374. The maximum absolute atomic E-state index is 13.0. The van der Waals surface area contributed by atoms with E-state index in [4.69, 9.17) is 0 Å². The van der Waals surface area contributed by atoms with Crippen molar-refractivity contribution in [2.24, 2.45) is 0 Å². The largest absolute Gasteiger partial charge is 0.434 e. The van der Waals surface area contributed by atoms with Crippen LogP contribution < -0.4 is 4.90 Å². The van der Waals surface area contributed by atoms with E-state index in [2.05, 4.69) is 4.98 Å². The van der Waals surface area contributed by atoms with Crippen molar-refractivity contribution < 1.29 is 17.6 Å². The van der Waals surface area contributed by atoms with E-state index in [0.717, 1.165) is 16.7 Å². The van der Waals surface area contributed by atoms with E-state index in [9.17, 15) is 17.6 Å². The number of thiazole rings is 1. The molecule has 0 unspecified atom stereocenters. The molecule has 102 valence electrons. The molecule has 0 saturated carbocycles. The van der Waals surface area contributed by atoms with E-state index < -0.39 is 11.9 Å². The molecule has 0 radical (unpaired) electrons. The van der Waals surface area contributed by atoms with Gasteiger partial charge >= 0.3 is 6.18 Å². The molecule has 0 aliphatic rings. The second kappa shape index (κ2) is 5.16. The van der Waals surface area contributed by atoms with Gasteiger partial charge in [-0.05, 0) is 17.7 Å². The molecule has 0 aliphatic carbocycles. The van der Waals surface area contributed by atoms with Crippen LogP contribution in [-0.4, -0.2) is 12.0 Å². The lowest BCUT2D eigenvalue weighted by atomic mass is 10.2. The van der Waals surface area contributed by atoms with Crippen molar-refractivity contribution in [1.29, 1.82) is 0 Å². The van der Waals surface area contributed by atoms with E-state index in [0.29, 0.717) is 12.1 Å². The van der Waals surface area contributed by atoms with E-state index in [-0.39, 0.29) is 10.9 Å². The smallest absolute Gasteiger partial charge is 0.347 e. The van der Waals surface area contributed by atoms with Crippen LogP contribution in [0.5, 0.6) is 0 Å². The number of halogens is 4. The van der Waals surface area contributed by atoms with Crippen LogP contribution in [0.1, 0.15) is 11.3 Å². The monoisotopic (exact) mass is 290 g/mol. The number of benzene rings is 1. The van der Waals surface area contributed by atoms with Crippen LogP contribution in [0, 0.1) is 5.82 Å². The van der Waals surface area contributed by atoms with Gasteiger partial charge in [-0.2, -0.15) is 13.2 Å². The number of nitrogens with zero attached hydrogens (tertiary/aromatic N) is 2. The van der Waals surface area contributed by atoms with Crippen molar-refractivity contribution in [3.63, 3.8) is 0 Å². The van der Waals surface area contributed by atoms with Crippen molar-refractivity contribution >= 4 is 16.5 Å². The molecule has 0 saturated heterocycles. The van der Waals surface area contributed by atoms with Crippen molar-refractivity contribution in [2.45, 2.75) is 12.7 Å². The summed E-state index contributed by atoms with van der Waals surface area (Å²) >= 11 is 0.909. The predicted octanol–water partition coefficient (Wildman–Crippen LogP) is 3.94. The molecule has 0 N–H and O–H groups in total. The summed E-state index contributed by atoms with van der Waals surface area (Å²) in [7, 11) is 1.61. The summed E-state index contributed by atoms with van der Waals surface area (Å²) in [5.41, 5.74) is -0.232. The van der Waals surface area contributed by atoms with Crippen LogP contribution in [0.4, 0.5) is 22.7 Å². The lowest BCUT2D eigenvalue weighted by molar-refractivity contribution is -0.140. The summed E-state index contributed by atoms with van der Waals surface area (Å²) in [6, 6.07) is 5.92. The molecule has 0 spiro atoms. The van der Waals surface area contributed by atoms with Gasteiger partial charge in [-0.3, -0.25) is 0 Å². The summed E-state index contributed by atoms with van der Waals surface area (Å²) in [6.07, 6.45) is -4.44. The van der Waals surface area contributed by atoms with E-state index in [1.807, 2.05) is 0 Å². The molecule has 2 aromatic rings.